The van der Waals surface area contributed by atoms with Crippen LogP contribution < -0.4 is 4.74 Å². The minimum Gasteiger partial charge on any atom is -0.497 e. The standard InChI is InChI=1S/C18H26N2O2/c1-3-19-12-4-6-16(19)17-7-5-13-20(17)18(21)14-8-10-15(22-2)11-9-14/h8-11,16-17H,3-7,12-13H2,1-2H3/t16-,17-/m1/s1. The van der Waals surface area contributed by atoms with Gasteiger partial charge in [-0.2, -0.15) is 0 Å². The van der Waals surface area contributed by atoms with Gasteiger partial charge in [-0.05, 0) is 63.0 Å². The van der Waals surface area contributed by atoms with E-state index < -0.39 is 0 Å². The van der Waals surface area contributed by atoms with Crippen molar-refractivity contribution in [3.05, 3.63) is 29.8 Å². The number of carbonyl (C=O) groups excluding carboxylic acids is 1. The molecule has 120 valence electrons. The first-order chi connectivity index (χ1) is 10.7. The number of amides is 1. The second-order valence-electron chi connectivity index (χ2n) is 6.27. The molecular formula is C18H26N2O2. The molecule has 0 radical (unpaired) electrons. The maximum Gasteiger partial charge on any atom is 0.254 e. The van der Waals surface area contributed by atoms with Gasteiger partial charge in [-0.25, -0.2) is 0 Å². The Morgan fingerprint density at radius 2 is 1.82 bits per heavy atom. The fraction of sp³-hybridized carbons (Fsp3) is 0.611. The van der Waals surface area contributed by atoms with Gasteiger partial charge < -0.3 is 9.64 Å². The van der Waals surface area contributed by atoms with E-state index in [9.17, 15) is 4.79 Å². The maximum atomic E-state index is 12.9. The number of likely N-dealkylation sites (tertiary alicyclic amines) is 2. The number of hydrogen-bond donors (Lipinski definition) is 0. The highest BCUT2D eigenvalue weighted by Crippen LogP contribution is 2.31. The van der Waals surface area contributed by atoms with Gasteiger partial charge in [0.1, 0.15) is 5.75 Å². The van der Waals surface area contributed by atoms with Crippen molar-refractivity contribution < 1.29 is 9.53 Å². The minimum absolute atomic E-state index is 0.174. The zero-order chi connectivity index (χ0) is 15.5. The third kappa shape index (κ3) is 2.84. The molecule has 3 rings (SSSR count). The van der Waals surface area contributed by atoms with Gasteiger partial charge in [0.2, 0.25) is 0 Å². The Morgan fingerprint density at radius 3 is 2.50 bits per heavy atom. The van der Waals surface area contributed by atoms with Crippen molar-refractivity contribution in [1.29, 1.82) is 0 Å². The third-order valence-corrected chi connectivity index (χ3v) is 5.16. The zero-order valence-electron chi connectivity index (χ0n) is 13.6. The van der Waals surface area contributed by atoms with Gasteiger partial charge in [0.05, 0.1) is 7.11 Å². The fourth-order valence-corrected chi connectivity index (χ4v) is 4.02. The average Bonchev–Trinajstić information content (AvgIpc) is 3.22. The predicted molar refractivity (Wildman–Crippen MR) is 87.3 cm³/mol. The first-order valence-corrected chi connectivity index (χ1v) is 8.43. The Labute approximate surface area is 133 Å². The Hall–Kier alpha value is -1.55. The van der Waals surface area contributed by atoms with E-state index in [1.807, 2.05) is 24.3 Å². The van der Waals surface area contributed by atoms with E-state index in [0.717, 1.165) is 37.2 Å². The van der Waals surface area contributed by atoms with Crippen molar-refractivity contribution in [2.75, 3.05) is 26.7 Å². The Balaban J connectivity index is 1.75. The fourth-order valence-electron chi connectivity index (χ4n) is 4.02. The number of benzene rings is 1. The van der Waals surface area contributed by atoms with Crippen molar-refractivity contribution in [3.8, 4) is 5.75 Å². The largest absolute Gasteiger partial charge is 0.497 e. The molecule has 1 aromatic carbocycles. The third-order valence-electron chi connectivity index (χ3n) is 5.16. The smallest absolute Gasteiger partial charge is 0.254 e. The molecule has 2 aliphatic rings. The maximum absolute atomic E-state index is 12.9. The van der Waals surface area contributed by atoms with Crippen LogP contribution in [0.5, 0.6) is 5.75 Å². The summed E-state index contributed by atoms with van der Waals surface area (Å²) in [7, 11) is 1.65. The summed E-state index contributed by atoms with van der Waals surface area (Å²) in [6, 6.07) is 8.43. The predicted octanol–water partition coefficient (Wildman–Crippen LogP) is 2.78. The van der Waals surface area contributed by atoms with Crippen molar-refractivity contribution >= 4 is 5.91 Å². The van der Waals surface area contributed by atoms with Gasteiger partial charge in [0.25, 0.3) is 5.91 Å². The molecule has 2 atom stereocenters. The quantitative estimate of drug-likeness (QED) is 0.857. The second-order valence-corrected chi connectivity index (χ2v) is 6.27. The topological polar surface area (TPSA) is 32.8 Å². The summed E-state index contributed by atoms with van der Waals surface area (Å²) in [5.41, 5.74) is 0.772. The lowest BCUT2D eigenvalue weighted by molar-refractivity contribution is 0.0650. The lowest BCUT2D eigenvalue weighted by atomic mass is 10.0. The van der Waals surface area contributed by atoms with Crippen LogP contribution in [0.2, 0.25) is 0 Å². The van der Waals surface area contributed by atoms with Gasteiger partial charge in [0, 0.05) is 24.2 Å². The number of likely N-dealkylation sites (N-methyl/N-ethyl adjacent to an activating group) is 1. The number of hydrogen-bond acceptors (Lipinski definition) is 3. The Bertz CT molecular complexity index is 514. The van der Waals surface area contributed by atoms with Crippen LogP contribution in [0.25, 0.3) is 0 Å². The first kappa shape index (κ1) is 15.3. The molecule has 22 heavy (non-hydrogen) atoms. The van der Waals surface area contributed by atoms with Crippen LogP contribution in [0.1, 0.15) is 43.0 Å². The molecule has 0 bridgehead atoms. The van der Waals surface area contributed by atoms with E-state index in [-0.39, 0.29) is 5.91 Å². The Morgan fingerprint density at radius 1 is 1.14 bits per heavy atom. The summed E-state index contributed by atoms with van der Waals surface area (Å²) >= 11 is 0. The molecule has 1 amide bonds. The van der Waals surface area contributed by atoms with Crippen molar-refractivity contribution in [3.63, 3.8) is 0 Å². The highest BCUT2D eigenvalue weighted by atomic mass is 16.5. The zero-order valence-corrected chi connectivity index (χ0v) is 13.6. The molecule has 2 fully saturated rings. The van der Waals surface area contributed by atoms with Gasteiger partial charge in [-0.3, -0.25) is 9.69 Å². The summed E-state index contributed by atoms with van der Waals surface area (Å²) in [6.07, 6.45) is 4.76. The second kappa shape index (κ2) is 6.69. The molecule has 0 spiro atoms. The van der Waals surface area contributed by atoms with Gasteiger partial charge in [-0.1, -0.05) is 6.92 Å². The molecule has 1 aromatic rings. The van der Waals surface area contributed by atoms with E-state index in [4.69, 9.17) is 4.74 Å². The van der Waals surface area contributed by atoms with Crippen LogP contribution in [0, 0.1) is 0 Å². The van der Waals surface area contributed by atoms with Crippen LogP contribution in [0.15, 0.2) is 24.3 Å². The summed E-state index contributed by atoms with van der Waals surface area (Å²) in [5.74, 6) is 0.968. The highest BCUT2D eigenvalue weighted by Gasteiger charge is 2.39. The highest BCUT2D eigenvalue weighted by molar-refractivity contribution is 5.94. The Kier molecular flexibility index (Phi) is 4.67. The van der Waals surface area contributed by atoms with Crippen LogP contribution in [0.3, 0.4) is 0 Å². The molecule has 4 heteroatoms. The summed E-state index contributed by atoms with van der Waals surface area (Å²) in [5, 5.41) is 0. The number of rotatable bonds is 4. The minimum atomic E-state index is 0.174. The molecule has 0 aromatic heterocycles. The van der Waals surface area contributed by atoms with Crippen molar-refractivity contribution in [1.82, 2.24) is 9.80 Å². The van der Waals surface area contributed by atoms with E-state index in [0.29, 0.717) is 12.1 Å². The van der Waals surface area contributed by atoms with Gasteiger partial charge in [-0.15, -0.1) is 0 Å². The number of carbonyl (C=O) groups is 1. The average molecular weight is 302 g/mol. The van der Waals surface area contributed by atoms with Gasteiger partial charge in [0.15, 0.2) is 0 Å². The van der Waals surface area contributed by atoms with Crippen molar-refractivity contribution in [2.45, 2.75) is 44.7 Å². The first-order valence-electron chi connectivity index (χ1n) is 8.43. The number of methoxy groups -OCH3 is 1. The number of ether oxygens (including phenoxy) is 1. The molecule has 0 N–H and O–H groups in total. The van der Waals surface area contributed by atoms with E-state index >= 15 is 0 Å². The van der Waals surface area contributed by atoms with Crippen LogP contribution in [0.4, 0.5) is 0 Å². The molecule has 2 heterocycles. The SMILES string of the molecule is CCN1CCC[C@@H]1[C@H]1CCCN1C(=O)c1ccc(OC)cc1. The molecule has 2 saturated heterocycles. The molecule has 0 aliphatic carbocycles. The summed E-state index contributed by atoms with van der Waals surface area (Å²) in [4.78, 5) is 17.5. The van der Waals surface area contributed by atoms with E-state index in [1.54, 1.807) is 7.11 Å². The van der Waals surface area contributed by atoms with Crippen LogP contribution in [-0.2, 0) is 0 Å². The lowest BCUT2D eigenvalue weighted by Gasteiger charge is -2.34. The normalized spacial score (nSPS) is 25.6. The summed E-state index contributed by atoms with van der Waals surface area (Å²) < 4.78 is 5.17. The van der Waals surface area contributed by atoms with Crippen LogP contribution >= 0.6 is 0 Å². The number of nitrogens with zero attached hydrogens (tertiary/aromatic N) is 2. The molecule has 0 saturated carbocycles. The molecule has 0 unspecified atom stereocenters. The molecular weight excluding hydrogens is 276 g/mol. The molecule has 2 aliphatic heterocycles. The van der Waals surface area contributed by atoms with Gasteiger partial charge >= 0.3 is 0 Å². The van der Waals surface area contributed by atoms with E-state index in [2.05, 4.69) is 16.7 Å². The van der Waals surface area contributed by atoms with E-state index in [1.165, 1.54) is 19.4 Å². The monoisotopic (exact) mass is 302 g/mol. The molecule has 4 nitrogen and oxygen atoms in total. The van der Waals surface area contributed by atoms with Crippen molar-refractivity contribution in [2.24, 2.45) is 0 Å². The summed E-state index contributed by atoms with van der Waals surface area (Å²) in [6.45, 7) is 5.39. The van der Waals surface area contributed by atoms with Crippen LogP contribution in [-0.4, -0.2) is 54.5 Å². The lowest BCUT2D eigenvalue weighted by Crippen LogP contribution is -2.48.